The standard InChI is InChI=1S/C19H24N4O4S/c1-13-11-17(14-6-8-15(9-7-14)19(24)25)21-18(20-13)16-5-4-10-23(12-16)28(26,27)22(2)3/h6-9,11,16H,4-5,10,12H2,1-3H3,(H,24,25). The first-order valence-electron chi connectivity index (χ1n) is 9.05. The Bertz CT molecular complexity index is 974. The summed E-state index contributed by atoms with van der Waals surface area (Å²) in [5.74, 6) is -0.438. The maximum atomic E-state index is 12.5. The minimum atomic E-state index is -3.47. The van der Waals surface area contributed by atoms with Crippen LogP contribution in [0.1, 0.15) is 40.6 Å². The third-order valence-electron chi connectivity index (χ3n) is 4.84. The van der Waals surface area contributed by atoms with Crippen molar-refractivity contribution >= 4 is 16.2 Å². The Morgan fingerprint density at radius 1 is 1.21 bits per heavy atom. The molecule has 0 amide bonds. The normalized spacial score (nSPS) is 18.4. The van der Waals surface area contributed by atoms with Crippen LogP contribution in [0.5, 0.6) is 0 Å². The van der Waals surface area contributed by atoms with Crippen molar-refractivity contribution < 1.29 is 18.3 Å². The summed E-state index contributed by atoms with van der Waals surface area (Å²) in [5.41, 5.74) is 2.50. The van der Waals surface area contributed by atoms with Crippen LogP contribution in [-0.2, 0) is 10.2 Å². The van der Waals surface area contributed by atoms with Gasteiger partial charge in [-0.05, 0) is 38.0 Å². The number of nitrogens with zero attached hydrogens (tertiary/aromatic N) is 4. The first kappa shape index (κ1) is 20.4. The van der Waals surface area contributed by atoms with Crippen LogP contribution in [0.3, 0.4) is 0 Å². The van der Waals surface area contributed by atoms with E-state index >= 15 is 0 Å². The van der Waals surface area contributed by atoms with E-state index < -0.39 is 16.2 Å². The van der Waals surface area contributed by atoms with Gasteiger partial charge >= 0.3 is 5.97 Å². The van der Waals surface area contributed by atoms with Crippen LogP contribution in [0.2, 0.25) is 0 Å². The van der Waals surface area contributed by atoms with Crippen molar-refractivity contribution in [3.05, 3.63) is 47.4 Å². The van der Waals surface area contributed by atoms with Crippen LogP contribution in [-0.4, -0.2) is 65.3 Å². The van der Waals surface area contributed by atoms with E-state index in [2.05, 4.69) is 9.97 Å². The molecule has 1 N–H and O–H groups in total. The summed E-state index contributed by atoms with van der Waals surface area (Å²) in [6.45, 7) is 2.71. The van der Waals surface area contributed by atoms with Crippen LogP contribution in [0.25, 0.3) is 11.3 Å². The summed E-state index contributed by atoms with van der Waals surface area (Å²) in [4.78, 5) is 20.3. The van der Waals surface area contributed by atoms with Crippen LogP contribution in [0.15, 0.2) is 30.3 Å². The summed E-state index contributed by atoms with van der Waals surface area (Å²) in [6, 6.07) is 8.37. The Hall–Kier alpha value is -2.36. The van der Waals surface area contributed by atoms with E-state index in [1.165, 1.54) is 22.7 Å². The van der Waals surface area contributed by atoms with Gasteiger partial charge in [-0.3, -0.25) is 0 Å². The lowest BCUT2D eigenvalue weighted by Crippen LogP contribution is -2.45. The first-order valence-corrected chi connectivity index (χ1v) is 10.4. The Morgan fingerprint density at radius 2 is 1.89 bits per heavy atom. The van der Waals surface area contributed by atoms with Gasteiger partial charge < -0.3 is 5.11 Å². The molecule has 8 nitrogen and oxygen atoms in total. The summed E-state index contributed by atoms with van der Waals surface area (Å²) >= 11 is 0. The molecule has 0 radical (unpaired) electrons. The predicted octanol–water partition coefficient (Wildman–Crippen LogP) is 2.14. The average Bonchev–Trinajstić information content (AvgIpc) is 2.67. The van der Waals surface area contributed by atoms with Gasteiger partial charge in [-0.15, -0.1) is 0 Å². The van der Waals surface area contributed by atoms with Crippen molar-refractivity contribution in [2.24, 2.45) is 0 Å². The summed E-state index contributed by atoms with van der Waals surface area (Å²) < 4.78 is 27.6. The van der Waals surface area contributed by atoms with Gasteiger partial charge in [0.15, 0.2) is 0 Å². The second-order valence-electron chi connectivity index (χ2n) is 7.12. The van der Waals surface area contributed by atoms with Crippen LogP contribution >= 0.6 is 0 Å². The molecule has 1 unspecified atom stereocenters. The van der Waals surface area contributed by atoms with E-state index in [0.717, 1.165) is 24.1 Å². The van der Waals surface area contributed by atoms with Gasteiger partial charge in [0.05, 0.1) is 11.3 Å². The lowest BCUT2D eigenvalue weighted by atomic mass is 9.98. The smallest absolute Gasteiger partial charge is 0.335 e. The van der Waals surface area contributed by atoms with Gasteiger partial charge in [-0.25, -0.2) is 14.8 Å². The molecule has 3 rings (SSSR count). The number of aromatic carboxylic acids is 1. The maximum Gasteiger partial charge on any atom is 0.335 e. The molecular weight excluding hydrogens is 380 g/mol. The minimum Gasteiger partial charge on any atom is -0.478 e. The molecule has 1 fully saturated rings. The summed E-state index contributed by atoms with van der Waals surface area (Å²) in [5, 5.41) is 9.05. The van der Waals surface area contributed by atoms with Crippen LogP contribution in [0.4, 0.5) is 0 Å². The van der Waals surface area contributed by atoms with Gasteiger partial charge in [0.1, 0.15) is 5.82 Å². The van der Waals surface area contributed by atoms with Gasteiger partial charge in [0.25, 0.3) is 10.2 Å². The molecule has 1 aromatic heterocycles. The Morgan fingerprint density at radius 3 is 2.50 bits per heavy atom. The number of hydrogen-bond donors (Lipinski definition) is 1. The molecule has 2 heterocycles. The molecule has 9 heteroatoms. The monoisotopic (exact) mass is 404 g/mol. The van der Waals surface area contributed by atoms with Crippen molar-refractivity contribution in [3.63, 3.8) is 0 Å². The zero-order chi connectivity index (χ0) is 20.5. The van der Waals surface area contributed by atoms with Crippen molar-refractivity contribution in [2.45, 2.75) is 25.7 Å². The van der Waals surface area contributed by atoms with Crippen molar-refractivity contribution in [3.8, 4) is 11.3 Å². The number of piperidine rings is 1. The van der Waals surface area contributed by atoms with Crippen molar-refractivity contribution in [2.75, 3.05) is 27.2 Å². The Labute approximate surface area is 165 Å². The highest BCUT2D eigenvalue weighted by molar-refractivity contribution is 7.86. The number of benzene rings is 1. The second kappa shape index (κ2) is 7.94. The van der Waals surface area contributed by atoms with Gasteiger partial charge in [-0.2, -0.15) is 17.0 Å². The molecular formula is C19H24N4O4S. The molecule has 0 spiro atoms. The molecule has 1 aromatic carbocycles. The van der Waals surface area contributed by atoms with E-state index in [9.17, 15) is 13.2 Å². The van der Waals surface area contributed by atoms with Crippen LogP contribution < -0.4 is 0 Å². The van der Waals surface area contributed by atoms with E-state index in [1.54, 1.807) is 24.3 Å². The number of carboxylic acids is 1. The van der Waals surface area contributed by atoms with E-state index in [-0.39, 0.29) is 11.5 Å². The fraction of sp³-hybridized carbons (Fsp3) is 0.421. The predicted molar refractivity (Wildman–Crippen MR) is 105 cm³/mol. The minimum absolute atomic E-state index is 0.0829. The molecule has 150 valence electrons. The molecule has 1 aliphatic rings. The van der Waals surface area contributed by atoms with Gasteiger partial charge in [0.2, 0.25) is 0 Å². The maximum absolute atomic E-state index is 12.5. The highest BCUT2D eigenvalue weighted by Crippen LogP contribution is 2.29. The highest BCUT2D eigenvalue weighted by atomic mass is 32.2. The quantitative estimate of drug-likeness (QED) is 0.819. The molecule has 0 aliphatic carbocycles. The molecule has 1 atom stereocenters. The van der Waals surface area contributed by atoms with E-state index in [1.807, 2.05) is 13.0 Å². The number of aromatic nitrogens is 2. The zero-order valence-corrected chi connectivity index (χ0v) is 17.0. The second-order valence-corrected chi connectivity index (χ2v) is 9.26. The number of aryl methyl sites for hydroxylation is 1. The topological polar surface area (TPSA) is 104 Å². The van der Waals surface area contributed by atoms with E-state index in [0.29, 0.717) is 24.6 Å². The molecule has 28 heavy (non-hydrogen) atoms. The van der Waals surface area contributed by atoms with Crippen molar-refractivity contribution in [1.29, 1.82) is 0 Å². The lowest BCUT2D eigenvalue weighted by molar-refractivity contribution is 0.0697. The Balaban J connectivity index is 1.90. The van der Waals surface area contributed by atoms with Crippen LogP contribution in [0, 0.1) is 6.92 Å². The largest absolute Gasteiger partial charge is 0.478 e. The number of carbonyl (C=O) groups is 1. The summed E-state index contributed by atoms with van der Waals surface area (Å²) in [7, 11) is -0.413. The number of carboxylic acid groups (broad SMARTS) is 1. The molecule has 0 bridgehead atoms. The highest BCUT2D eigenvalue weighted by Gasteiger charge is 2.32. The fourth-order valence-electron chi connectivity index (χ4n) is 3.30. The third kappa shape index (κ3) is 4.21. The molecule has 1 aliphatic heterocycles. The number of hydrogen-bond acceptors (Lipinski definition) is 5. The fourth-order valence-corrected chi connectivity index (χ4v) is 4.49. The van der Waals surface area contributed by atoms with Gasteiger partial charge in [0, 0.05) is 44.4 Å². The molecule has 2 aromatic rings. The van der Waals surface area contributed by atoms with E-state index in [4.69, 9.17) is 5.11 Å². The third-order valence-corrected chi connectivity index (χ3v) is 6.74. The van der Waals surface area contributed by atoms with Crippen molar-refractivity contribution in [1.82, 2.24) is 18.6 Å². The molecule has 0 saturated carbocycles. The summed E-state index contributed by atoms with van der Waals surface area (Å²) in [6.07, 6.45) is 1.57. The first-order chi connectivity index (χ1) is 13.2. The lowest BCUT2D eigenvalue weighted by Gasteiger charge is -2.33. The average molecular weight is 404 g/mol. The Kier molecular flexibility index (Phi) is 5.78. The number of rotatable bonds is 5. The SMILES string of the molecule is Cc1cc(-c2ccc(C(=O)O)cc2)nc(C2CCCN(S(=O)(=O)N(C)C)C2)n1. The zero-order valence-electron chi connectivity index (χ0n) is 16.2. The van der Waals surface area contributed by atoms with Gasteiger partial charge in [-0.1, -0.05) is 12.1 Å². The molecule has 1 saturated heterocycles.